The van der Waals surface area contributed by atoms with Gasteiger partial charge in [0.15, 0.2) is 0 Å². The molecule has 2 N–H and O–H groups in total. The van der Waals surface area contributed by atoms with Crippen LogP contribution in [0.15, 0.2) is 48.5 Å². The predicted octanol–water partition coefficient (Wildman–Crippen LogP) is 2.84. The molecule has 0 aromatic heterocycles. The molecule has 2 rings (SSSR count). The van der Waals surface area contributed by atoms with Gasteiger partial charge in [-0.2, -0.15) is 0 Å². The molecule has 6 nitrogen and oxygen atoms in total. The first-order valence-electron chi connectivity index (χ1n) is 8.02. The van der Waals surface area contributed by atoms with Crippen LogP contribution in [-0.4, -0.2) is 27.2 Å². The van der Waals surface area contributed by atoms with Crippen molar-refractivity contribution < 1.29 is 22.3 Å². The van der Waals surface area contributed by atoms with Crippen molar-refractivity contribution in [1.29, 1.82) is 0 Å². The minimum absolute atomic E-state index is 0.133. The lowest BCUT2D eigenvalue weighted by Gasteiger charge is -2.18. The number of hydrogen-bond donors (Lipinski definition) is 2. The van der Waals surface area contributed by atoms with Crippen molar-refractivity contribution in [3.63, 3.8) is 0 Å². The fourth-order valence-corrected chi connectivity index (χ4v) is 3.12. The number of carbonyl (C=O) groups is 1. The predicted molar refractivity (Wildman–Crippen MR) is 98.0 cm³/mol. The number of rotatable bonds is 8. The Hall–Kier alpha value is -2.45. The molecule has 0 aliphatic rings. The lowest BCUT2D eigenvalue weighted by Crippen LogP contribution is -2.30. The minimum atomic E-state index is -3.55. The van der Waals surface area contributed by atoms with Crippen molar-refractivity contribution in [2.45, 2.75) is 19.4 Å². The second kappa shape index (κ2) is 8.77. The Morgan fingerprint density at radius 3 is 2.27 bits per heavy atom. The normalized spacial score (nSPS) is 12.4. The molecule has 2 aromatic rings. The van der Waals surface area contributed by atoms with E-state index in [1.807, 2.05) is 6.92 Å². The quantitative estimate of drug-likeness (QED) is 0.738. The maximum absolute atomic E-state index is 13.1. The molecule has 8 heteroatoms. The van der Waals surface area contributed by atoms with E-state index in [0.717, 1.165) is 6.26 Å². The fourth-order valence-electron chi connectivity index (χ4n) is 2.38. The maximum atomic E-state index is 13.1. The van der Waals surface area contributed by atoms with Gasteiger partial charge in [-0.25, -0.2) is 17.5 Å². The van der Waals surface area contributed by atoms with Gasteiger partial charge < -0.3 is 10.1 Å². The summed E-state index contributed by atoms with van der Waals surface area (Å²) in [6.07, 6.45) is 0.875. The van der Waals surface area contributed by atoms with Crippen LogP contribution in [0.3, 0.4) is 0 Å². The van der Waals surface area contributed by atoms with Crippen LogP contribution in [0.5, 0.6) is 5.75 Å². The van der Waals surface area contributed by atoms with Crippen molar-refractivity contribution >= 4 is 21.6 Å². The number of hydrogen-bond acceptors (Lipinski definition) is 4. The SMILES string of the molecule is CCOc1ccc(NC(=O)CC(NS(C)(=O)=O)c2ccc(F)cc2)cc1. The number of sulfonamides is 1. The fraction of sp³-hybridized carbons (Fsp3) is 0.278. The maximum Gasteiger partial charge on any atom is 0.226 e. The molecule has 0 radical (unpaired) electrons. The van der Waals surface area contributed by atoms with Gasteiger partial charge in [-0.05, 0) is 48.9 Å². The third-order valence-corrected chi connectivity index (χ3v) is 4.18. The first-order chi connectivity index (χ1) is 12.3. The molecule has 0 heterocycles. The third kappa shape index (κ3) is 6.45. The Kier molecular flexibility index (Phi) is 6.70. The summed E-state index contributed by atoms with van der Waals surface area (Å²) in [5, 5.41) is 2.71. The van der Waals surface area contributed by atoms with Gasteiger partial charge in [0.1, 0.15) is 11.6 Å². The van der Waals surface area contributed by atoms with Gasteiger partial charge in [0.05, 0.1) is 18.9 Å². The number of halogens is 1. The highest BCUT2D eigenvalue weighted by Crippen LogP contribution is 2.20. The van der Waals surface area contributed by atoms with Gasteiger partial charge in [0.25, 0.3) is 0 Å². The van der Waals surface area contributed by atoms with Gasteiger partial charge >= 0.3 is 0 Å². The summed E-state index contributed by atoms with van der Waals surface area (Å²) in [4.78, 5) is 12.3. The van der Waals surface area contributed by atoms with E-state index in [1.165, 1.54) is 24.3 Å². The highest BCUT2D eigenvalue weighted by Gasteiger charge is 2.20. The molecule has 1 amide bonds. The van der Waals surface area contributed by atoms with E-state index in [9.17, 15) is 17.6 Å². The van der Waals surface area contributed by atoms with E-state index in [0.29, 0.717) is 23.6 Å². The molecule has 1 unspecified atom stereocenters. The summed E-state index contributed by atoms with van der Waals surface area (Å²) in [5.74, 6) is -0.126. The highest BCUT2D eigenvalue weighted by atomic mass is 32.2. The summed E-state index contributed by atoms with van der Waals surface area (Å²) >= 11 is 0. The molecule has 0 aliphatic carbocycles. The largest absolute Gasteiger partial charge is 0.494 e. The summed E-state index contributed by atoms with van der Waals surface area (Å²) in [6, 6.07) is 11.4. The number of benzene rings is 2. The molecule has 0 spiro atoms. The van der Waals surface area contributed by atoms with Gasteiger partial charge in [0, 0.05) is 12.1 Å². The van der Waals surface area contributed by atoms with E-state index < -0.39 is 21.9 Å². The van der Waals surface area contributed by atoms with Crippen LogP contribution in [0.25, 0.3) is 0 Å². The lowest BCUT2D eigenvalue weighted by molar-refractivity contribution is -0.116. The molecular weight excluding hydrogens is 359 g/mol. The smallest absolute Gasteiger partial charge is 0.226 e. The van der Waals surface area contributed by atoms with E-state index in [2.05, 4.69) is 10.0 Å². The first-order valence-corrected chi connectivity index (χ1v) is 9.91. The Bertz CT molecular complexity index is 836. The molecule has 0 bridgehead atoms. The van der Waals surface area contributed by atoms with Crippen LogP contribution in [0.1, 0.15) is 24.9 Å². The third-order valence-electron chi connectivity index (χ3n) is 3.47. The monoisotopic (exact) mass is 380 g/mol. The van der Waals surface area contributed by atoms with Gasteiger partial charge in [-0.3, -0.25) is 4.79 Å². The van der Waals surface area contributed by atoms with Crippen molar-refractivity contribution in [1.82, 2.24) is 4.72 Å². The van der Waals surface area contributed by atoms with Crippen LogP contribution < -0.4 is 14.8 Å². The second-order valence-electron chi connectivity index (χ2n) is 5.70. The molecule has 0 fully saturated rings. The van der Waals surface area contributed by atoms with Crippen LogP contribution in [0.4, 0.5) is 10.1 Å². The second-order valence-corrected chi connectivity index (χ2v) is 7.48. The van der Waals surface area contributed by atoms with Crippen LogP contribution in [0, 0.1) is 5.82 Å². The van der Waals surface area contributed by atoms with Gasteiger partial charge in [0.2, 0.25) is 15.9 Å². The number of nitrogens with one attached hydrogen (secondary N) is 2. The average Bonchev–Trinajstić information content (AvgIpc) is 2.56. The van der Waals surface area contributed by atoms with Crippen LogP contribution in [0.2, 0.25) is 0 Å². The minimum Gasteiger partial charge on any atom is -0.494 e. The first kappa shape index (κ1) is 19.9. The molecule has 0 aliphatic heterocycles. The Morgan fingerprint density at radius 2 is 1.73 bits per heavy atom. The topological polar surface area (TPSA) is 84.5 Å². The molecular formula is C18H21FN2O4S. The van der Waals surface area contributed by atoms with Crippen molar-refractivity contribution in [2.24, 2.45) is 0 Å². The highest BCUT2D eigenvalue weighted by molar-refractivity contribution is 7.88. The number of amides is 1. The zero-order valence-electron chi connectivity index (χ0n) is 14.5. The summed E-state index contributed by atoms with van der Waals surface area (Å²) < 4.78 is 44.0. The molecule has 0 saturated heterocycles. The van der Waals surface area contributed by atoms with E-state index in [-0.39, 0.29) is 12.3 Å². The number of anilines is 1. The van der Waals surface area contributed by atoms with Gasteiger partial charge in [-0.15, -0.1) is 0 Å². The van der Waals surface area contributed by atoms with Crippen LogP contribution >= 0.6 is 0 Å². The molecule has 140 valence electrons. The molecule has 2 aromatic carbocycles. The average molecular weight is 380 g/mol. The number of ether oxygens (including phenoxy) is 1. The zero-order valence-corrected chi connectivity index (χ0v) is 15.3. The standard InChI is InChI=1S/C18H21FN2O4S/c1-3-25-16-10-8-15(9-11-16)20-18(22)12-17(21-26(2,23)24)13-4-6-14(19)7-5-13/h4-11,17,21H,3,12H2,1-2H3,(H,20,22). The van der Waals surface area contributed by atoms with Crippen LogP contribution in [-0.2, 0) is 14.8 Å². The Labute approximate surface area is 152 Å². The van der Waals surface area contributed by atoms with Gasteiger partial charge in [-0.1, -0.05) is 12.1 Å². The number of carbonyl (C=O) groups excluding carboxylic acids is 1. The van der Waals surface area contributed by atoms with Crippen molar-refractivity contribution in [3.05, 3.63) is 59.9 Å². The summed E-state index contributed by atoms with van der Waals surface area (Å²) in [5.41, 5.74) is 1.06. The van der Waals surface area contributed by atoms with E-state index in [1.54, 1.807) is 24.3 Å². The summed E-state index contributed by atoms with van der Waals surface area (Å²) in [7, 11) is -3.55. The lowest BCUT2D eigenvalue weighted by atomic mass is 10.0. The van der Waals surface area contributed by atoms with E-state index in [4.69, 9.17) is 4.74 Å². The molecule has 0 saturated carbocycles. The molecule has 26 heavy (non-hydrogen) atoms. The Morgan fingerprint density at radius 1 is 1.12 bits per heavy atom. The van der Waals surface area contributed by atoms with E-state index >= 15 is 0 Å². The van der Waals surface area contributed by atoms with Crippen molar-refractivity contribution in [3.8, 4) is 5.75 Å². The zero-order chi connectivity index (χ0) is 19.2. The van der Waals surface area contributed by atoms with Crippen molar-refractivity contribution in [2.75, 3.05) is 18.2 Å². The Balaban J connectivity index is 2.08. The summed E-state index contributed by atoms with van der Waals surface area (Å²) in [6.45, 7) is 2.42. The molecule has 1 atom stereocenters.